The van der Waals surface area contributed by atoms with Crippen molar-refractivity contribution in [1.82, 2.24) is 0 Å². The first-order chi connectivity index (χ1) is 9.17. The molecule has 96 valence electrons. The summed E-state index contributed by atoms with van der Waals surface area (Å²) in [5, 5.41) is 9.27. The molecule has 0 atom stereocenters. The molecule has 0 saturated heterocycles. The Hall–Kier alpha value is -2.12. The number of thioether (sulfide) groups is 1. The predicted molar refractivity (Wildman–Crippen MR) is 78.6 cm³/mol. The Bertz CT molecular complexity index is 627. The van der Waals surface area contributed by atoms with Gasteiger partial charge in [0.2, 0.25) is 0 Å². The summed E-state index contributed by atoms with van der Waals surface area (Å²) in [5.41, 5.74) is 7.97. The van der Waals surface area contributed by atoms with E-state index in [-0.39, 0.29) is 0 Å². The molecule has 0 aliphatic carbocycles. The summed E-state index contributed by atoms with van der Waals surface area (Å²) in [5.74, 6) is 1.15. The van der Waals surface area contributed by atoms with Gasteiger partial charge in [-0.05, 0) is 36.9 Å². The van der Waals surface area contributed by atoms with Gasteiger partial charge in [-0.3, -0.25) is 0 Å². The van der Waals surface area contributed by atoms with E-state index in [0.29, 0.717) is 22.7 Å². The van der Waals surface area contributed by atoms with Crippen molar-refractivity contribution in [1.29, 1.82) is 5.26 Å². The van der Waals surface area contributed by atoms with E-state index >= 15 is 0 Å². The standard InChI is InChI=1S/C15H14N2OS/c1-10-5-3-6-12(17)15(10)18-13-7-4-8-14(19-2)11(13)9-16/h3-8H,17H2,1-2H3. The smallest absolute Gasteiger partial charge is 0.153 e. The summed E-state index contributed by atoms with van der Waals surface area (Å²) in [4.78, 5) is 0.896. The molecule has 0 aliphatic rings. The van der Waals surface area contributed by atoms with E-state index in [1.54, 1.807) is 12.1 Å². The van der Waals surface area contributed by atoms with Gasteiger partial charge in [-0.15, -0.1) is 11.8 Å². The number of nitriles is 1. The number of nitrogen functional groups attached to an aromatic ring is 1. The zero-order valence-electron chi connectivity index (χ0n) is 10.8. The van der Waals surface area contributed by atoms with Gasteiger partial charge in [-0.2, -0.15) is 5.26 Å². The summed E-state index contributed by atoms with van der Waals surface area (Å²) in [6.45, 7) is 1.93. The normalized spacial score (nSPS) is 9.95. The van der Waals surface area contributed by atoms with Crippen molar-refractivity contribution in [2.45, 2.75) is 11.8 Å². The second-order valence-electron chi connectivity index (χ2n) is 4.04. The number of aryl methyl sites for hydroxylation is 1. The first kappa shape index (κ1) is 13.3. The second-order valence-corrected chi connectivity index (χ2v) is 4.89. The fraction of sp³-hybridized carbons (Fsp3) is 0.133. The van der Waals surface area contributed by atoms with E-state index in [9.17, 15) is 5.26 Å². The van der Waals surface area contributed by atoms with Crippen LogP contribution in [0.3, 0.4) is 0 Å². The Labute approximate surface area is 117 Å². The van der Waals surface area contributed by atoms with Crippen molar-refractivity contribution in [3.8, 4) is 17.6 Å². The fourth-order valence-electron chi connectivity index (χ4n) is 1.80. The minimum absolute atomic E-state index is 0.537. The highest BCUT2D eigenvalue weighted by molar-refractivity contribution is 7.98. The van der Waals surface area contributed by atoms with Gasteiger partial charge in [0.05, 0.1) is 5.69 Å². The van der Waals surface area contributed by atoms with Gasteiger partial charge in [0.1, 0.15) is 17.4 Å². The number of nitrogens with zero attached hydrogens (tertiary/aromatic N) is 1. The molecule has 2 rings (SSSR count). The van der Waals surface area contributed by atoms with Gasteiger partial charge in [0.25, 0.3) is 0 Å². The van der Waals surface area contributed by atoms with Crippen molar-refractivity contribution in [2.75, 3.05) is 12.0 Å². The van der Waals surface area contributed by atoms with Gasteiger partial charge >= 0.3 is 0 Å². The summed E-state index contributed by atoms with van der Waals surface area (Å²) in [7, 11) is 0. The van der Waals surface area contributed by atoms with E-state index in [1.807, 2.05) is 37.4 Å². The second kappa shape index (κ2) is 5.68. The molecule has 0 aromatic heterocycles. The zero-order chi connectivity index (χ0) is 13.8. The molecule has 0 aliphatic heterocycles. The first-order valence-electron chi connectivity index (χ1n) is 5.77. The molecule has 3 nitrogen and oxygen atoms in total. The maximum Gasteiger partial charge on any atom is 0.153 e. The summed E-state index contributed by atoms with van der Waals surface area (Å²) in [6, 6.07) is 13.3. The number of anilines is 1. The monoisotopic (exact) mass is 270 g/mol. The Kier molecular flexibility index (Phi) is 3.98. The number of nitrogens with two attached hydrogens (primary N) is 1. The van der Waals surface area contributed by atoms with E-state index in [2.05, 4.69) is 6.07 Å². The van der Waals surface area contributed by atoms with Crippen LogP contribution < -0.4 is 10.5 Å². The Morgan fingerprint density at radius 2 is 1.95 bits per heavy atom. The number of benzene rings is 2. The maximum absolute atomic E-state index is 9.27. The van der Waals surface area contributed by atoms with Crippen LogP contribution in [0.15, 0.2) is 41.3 Å². The van der Waals surface area contributed by atoms with Crippen LogP contribution in [-0.2, 0) is 0 Å². The lowest BCUT2D eigenvalue weighted by Gasteiger charge is -2.13. The molecule has 19 heavy (non-hydrogen) atoms. The third-order valence-corrected chi connectivity index (χ3v) is 3.55. The Morgan fingerprint density at radius 1 is 1.21 bits per heavy atom. The van der Waals surface area contributed by atoms with Gasteiger partial charge in [0.15, 0.2) is 5.75 Å². The highest BCUT2D eigenvalue weighted by Gasteiger charge is 2.12. The summed E-state index contributed by atoms with van der Waals surface area (Å²) >= 11 is 1.52. The Morgan fingerprint density at radius 3 is 2.58 bits per heavy atom. The highest BCUT2D eigenvalue weighted by Crippen LogP contribution is 2.35. The average molecular weight is 270 g/mol. The molecular formula is C15H14N2OS. The first-order valence-corrected chi connectivity index (χ1v) is 7.00. The summed E-state index contributed by atoms with van der Waals surface area (Å²) < 4.78 is 5.84. The lowest BCUT2D eigenvalue weighted by molar-refractivity contribution is 0.478. The molecule has 0 radical (unpaired) electrons. The predicted octanol–water partition coefficient (Wildman–Crippen LogP) is 3.96. The van der Waals surface area contributed by atoms with Crippen molar-refractivity contribution in [2.24, 2.45) is 0 Å². The maximum atomic E-state index is 9.27. The minimum atomic E-state index is 0.537. The van der Waals surface area contributed by atoms with Crippen LogP contribution in [0.4, 0.5) is 5.69 Å². The van der Waals surface area contributed by atoms with Gasteiger partial charge in [0, 0.05) is 4.90 Å². The number of ether oxygens (including phenoxy) is 1. The fourth-order valence-corrected chi connectivity index (χ4v) is 2.37. The molecule has 0 spiro atoms. The average Bonchev–Trinajstić information content (AvgIpc) is 2.42. The molecular weight excluding hydrogens is 256 g/mol. The number of hydrogen-bond donors (Lipinski definition) is 1. The van der Waals surface area contributed by atoms with Crippen molar-refractivity contribution >= 4 is 17.4 Å². The molecule has 0 heterocycles. The van der Waals surface area contributed by atoms with Crippen molar-refractivity contribution in [3.05, 3.63) is 47.5 Å². The van der Waals surface area contributed by atoms with E-state index in [4.69, 9.17) is 10.5 Å². The van der Waals surface area contributed by atoms with Crippen LogP contribution >= 0.6 is 11.8 Å². The molecule has 0 unspecified atom stereocenters. The largest absolute Gasteiger partial charge is 0.453 e. The quantitative estimate of drug-likeness (QED) is 0.677. The SMILES string of the molecule is CSc1cccc(Oc2c(C)cccc2N)c1C#N. The topological polar surface area (TPSA) is 59.0 Å². The molecule has 4 heteroatoms. The molecule has 2 N–H and O–H groups in total. The van der Waals surface area contributed by atoms with Crippen LogP contribution in [0.5, 0.6) is 11.5 Å². The number of hydrogen-bond acceptors (Lipinski definition) is 4. The van der Waals surface area contributed by atoms with E-state index < -0.39 is 0 Å². The van der Waals surface area contributed by atoms with E-state index in [1.165, 1.54) is 11.8 Å². The lowest BCUT2D eigenvalue weighted by Crippen LogP contribution is -1.96. The molecule has 0 saturated carbocycles. The Balaban J connectivity index is 2.48. The minimum Gasteiger partial charge on any atom is -0.453 e. The third-order valence-electron chi connectivity index (χ3n) is 2.77. The molecule has 2 aromatic rings. The van der Waals surface area contributed by atoms with Crippen LogP contribution in [0, 0.1) is 18.3 Å². The zero-order valence-corrected chi connectivity index (χ0v) is 11.6. The van der Waals surface area contributed by atoms with Crippen LogP contribution in [-0.4, -0.2) is 6.26 Å². The van der Waals surface area contributed by atoms with Crippen LogP contribution in [0.2, 0.25) is 0 Å². The highest BCUT2D eigenvalue weighted by atomic mass is 32.2. The van der Waals surface area contributed by atoms with Gasteiger partial charge in [-0.25, -0.2) is 0 Å². The van der Waals surface area contributed by atoms with E-state index in [0.717, 1.165) is 10.5 Å². The lowest BCUT2D eigenvalue weighted by atomic mass is 10.2. The van der Waals surface area contributed by atoms with Crippen molar-refractivity contribution < 1.29 is 4.74 Å². The van der Waals surface area contributed by atoms with Crippen molar-refractivity contribution in [3.63, 3.8) is 0 Å². The third kappa shape index (κ3) is 2.67. The molecule has 0 bridgehead atoms. The molecule has 2 aromatic carbocycles. The van der Waals surface area contributed by atoms with Crippen LogP contribution in [0.25, 0.3) is 0 Å². The van der Waals surface area contributed by atoms with Crippen LogP contribution in [0.1, 0.15) is 11.1 Å². The summed E-state index contributed by atoms with van der Waals surface area (Å²) in [6.07, 6.45) is 1.93. The number of rotatable bonds is 3. The molecule has 0 amide bonds. The number of para-hydroxylation sites is 1. The molecule has 0 fully saturated rings. The van der Waals surface area contributed by atoms with Gasteiger partial charge in [-0.1, -0.05) is 18.2 Å². The van der Waals surface area contributed by atoms with Gasteiger partial charge < -0.3 is 10.5 Å².